The Balaban J connectivity index is 1.88. The van der Waals surface area contributed by atoms with E-state index in [0.717, 1.165) is 18.5 Å². The Labute approximate surface area is 118 Å². The zero-order valence-corrected chi connectivity index (χ0v) is 11.2. The summed E-state index contributed by atoms with van der Waals surface area (Å²) in [5.74, 6) is 0. The van der Waals surface area contributed by atoms with Crippen LogP contribution in [0.3, 0.4) is 0 Å². The van der Waals surface area contributed by atoms with Crippen LogP contribution in [0.4, 0.5) is 0 Å². The third-order valence-electron chi connectivity index (χ3n) is 3.90. The molecular weight excluding hydrogens is 244 g/mol. The van der Waals surface area contributed by atoms with E-state index in [9.17, 15) is 0 Å². The lowest BCUT2D eigenvalue weighted by Crippen LogP contribution is -2.31. The van der Waals surface area contributed by atoms with Crippen molar-refractivity contribution in [2.24, 2.45) is 0 Å². The number of para-hydroxylation sites is 1. The van der Waals surface area contributed by atoms with E-state index in [1.807, 2.05) is 12.3 Å². The number of hydrogen-bond acceptors (Lipinski definition) is 1. The van der Waals surface area contributed by atoms with Crippen LogP contribution in [0, 0.1) is 0 Å². The monoisotopic (exact) mass is 259 g/mol. The molecule has 2 aromatic heterocycles. The second kappa shape index (κ2) is 4.57. The van der Waals surface area contributed by atoms with Gasteiger partial charge in [-0.05, 0) is 29.8 Å². The van der Waals surface area contributed by atoms with Crippen molar-refractivity contribution in [3.05, 3.63) is 72.2 Å². The largest absolute Gasteiger partial charge is 0.256 e. The minimum Gasteiger partial charge on any atom is -0.256 e. The lowest BCUT2D eigenvalue weighted by Gasteiger charge is -2.02. The minimum absolute atomic E-state index is 1.06. The molecule has 1 aliphatic rings. The van der Waals surface area contributed by atoms with Crippen molar-refractivity contribution in [3.63, 3.8) is 0 Å². The van der Waals surface area contributed by atoms with Crippen LogP contribution >= 0.6 is 0 Å². The van der Waals surface area contributed by atoms with Crippen molar-refractivity contribution < 1.29 is 4.57 Å². The summed E-state index contributed by atoms with van der Waals surface area (Å²) in [7, 11) is 0. The number of benzene rings is 1. The number of rotatable bonds is 1. The maximum atomic E-state index is 4.43. The minimum atomic E-state index is 1.06. The summed E-state index contributed by atoms with van der Waals surface area (Å²) in [6.45, 7) is 1.07. The quantitative estimate of drug-likeness (QED) is 0.611. The van der Waals surface area contributed by atoms with Crippen LogP contribution in [0.15, 0.2) is 60.9 Å². The summed E-state index contributed by atoms with van der Waals surface area (Å²) in [6, 6.07) is 16.8. The molecule has 0 radical (unpaired) electrons. The fraction of sp³-hybridized carbons (Fsp3) is 0.111. The van der Waals surface area contributed by atoms with Crippen LogP contribution in [0.5, 0.6) is 0 Å². The van der Waals surface area contributed by atoms with E-state index in [1.54, 1.807) is 0 Å². The Morgan fingerprint density at radius 2 is 1.90 bits per heavy atom. The van der Waals surface area contributed by atoms with Crippen LogP contribution in [0.25, 0.3) is 22.6 Å². The highest BCUT2D eigenvalue weighted by Gasteiger charge is 2.22. The highest BCUT2D eigenvalue weighted by Crippen LogP contribution is 2.26. The van der Waals surface area contributed by atoms with Crippen molar-refractivity contribution in [1.29, 1.82) is 0 Å². The molecule has 0 saturated heterocycles. The van der Waals surface area contributed by atoms with Gasteiger partial charge in [0.1, 0.15) is 0 Å². The normalized spacial score (nSPS) is 15.7. The Morgan fingerprint density at radius 1 is 1.00 bits per heavy atom. The molecule has 20 heavy (non-hydrogen) atoms. The van der Waals surface area contributed by atoms with Gasteiger partial charge in [0.2, 0.25) is 5.69 Å². The van der Waals surface area contributed by atoms with Crippen molar-refractivity contribution in [2.45, 2.75) is 13.0 Å². The molecule has 0 atom stereocenters. The molecule has 0 bridgehead atoms. The topological polar surface area (TPSA) is 16.8 Å². The molecule has 2 heteroatoms. The predicted molar refractivity (Wildman–Crippen MR) is 80.9 cm³/mol. The van der Waals surface area contributed by atoms with Gasteiger partial charge in [-0.1, -0.05) is 18.2 Å². The number of hydrogen-bond donors (Lipinski definition) is 0. The van der Waals surface area contributed by atoms with Crippen LogP contribution in [-0.4, -0.2) is 4.98 Å². The fourth-order valence-electron chi connectivity index (χ4n) is 2.91. The van der Waals surface area contributed by atoms with Crippen LogP contribution in [0.1, 0.15) is 17.7 Å². The van der Waals surface area contributed by atoms with E-state index < -0.39 is 0 Å². The second-order valence-electron chi connectivity index (χ2n) is 5.12. The molecule has 0 saturated carbocycles. The van der Waals surface area contributed by atoms with E-state index in [1.165, 1.54) is 22.2 Å². The fourth-order valence-corrected chi connectivity index (χ4v) is 2.91. The van der Waals surface area contributed by atoms with Crippen molar-refractivity contribution in [1.82, 2.24) is 4.98 Å². The van der Waals surface area contributed by atoms with Gasteiger partial charge in [-0.25, -0.2) is 0 Å². The molecule has 1 aromatic carbocycles. The third kappa shape index (κ3) is 1.81. The molecule has 3 aromatic rings. The standard InChI is InChI=1S/C18H15N2/c1-2-6-17-16(5-1)14(8-10-19-17)13-15-9-12-20-11-4-3-7-18(15)20/h1-8,10-11,13H,9,12H2/q+1. The summed E-state index contributed by atoms with van der Waals surface area (Å²) in [6.07, 6.45) is 7.45. The number of pyridine rings is 2. The lowest BCUT2D eigenvalue weighted by atomic mass is 10.0. The summed E-state index contributed by atoms with van der Waals surface area (Å²) < 4.78 is 2.31. The molecule has 0 unspecified atom stereocenters. The average Bonchev–Trinajstić information content (AvgIpc) is 2.91. The van der Waals surface area contributed by atoms with Gasteiger partial charge in [0, 0.05) is 35.7 Å². The number of allylic oxidation sites excluding steroid dienone is 1. The van der Waals surface area contributed by atoms with Gasteiger partial charge in [0.15, 0.2) is 12.7 Å². The first kappa shape index (κ1) is 11.4. The van der Waals surface area contributed by atoms with Gasteiger partial charge in [0.05, 0.1) is 5.52 Å². The van der Waals surface area contributed by atoms with E-state index >= 15 is 0 Å². The van der Waals surface area contributed by atoms with E-state index in [0.29, 0.717) is 0 Å². The van der Waals surface area contributed by atoms with Gasteiger partial charge in [0.25, 0.3) is 0 Å². The van der Waals surface area contributed by atoms with Gasteiger partial charge < -0.3 is 0 Å². The predicted octanol–water partition coefficient (Wildman–Crippen LogP) is 3.47. The average molecular weight is 259 g/mol. The molecule has 1 aliphatic heterocycles. The maximum absolute atomic E-state index is 4.43. The Bertz CT molecular complexity index is 813. The third-order valence-corrected chi connectivity index (χ3v) is 3.90. The van der Waals surface area contributed by atoms with E-state index in [2.05, 4.69) is 64.3 Å². The Morgan fingerprint density at radius 3 is 2.90 bits per heavy atom. The van der Waals surface area contributed by atoms with Crippen molar-refractivity contribution in [3.8, 4) is 0 Å². The van der Waals surface area contributed by atoms with Crippen molar-refractivity contribution in [2.75, 3.05) is 0 Å². The molecule has 0 fully saturated rings. The van der Waals surface area contributed by atoms with Crippen LogP contribution < -0.4 is 4.57 Å². The molecule has 96 valence electrons. The first-order valence-electron chi connectivity index (χ1n) is 6.95. The smallest absolute Gasteiger partial charge is 0.208 e. The summed E-state index contributed by atoms with van der Waals surface area (Å²) >= 11 is 0. The zero-order valence-electron chi connectivity index (χ0n) is 11.2. The first-order valence-corrected chi connectivity index (χ1v) is 6.95. The van der Waals surface area contributed by atoms with Gasteiger partial charge in [-0.3, -0.25) is 4.98 Å². The number of aromatic nitrogens is 2. The number of fused-ring (bicyclic) bond motifs is 2. The summed E-state index contributed by atoms with van der Waals surface area (Å²) in [5.41, 5.74) is 5.04. The molecule has 0 aliphatic carbocycles. The molecule has 0 N–H and O–H groups in total. The Hall–Kier alpha value is -2.48. The van der Waals surface area contributed by atoms with E-state index in [-0.39, 0.29) is 0 Å². The van der Waals surface area contributed by atoms with E-state index in [4.69, 9.17) is 0 Å². The van der Waals surface area contributed by atoms with Crippen molar-refractivity contribution >= 4 is 22.6 Å². The Kier molecular flexibility index (Phi) is 2.59. The van der Waals surface area contributed by atoms with Crippen LogP contribution in [0.2, 0.25) is 0 Å². The molecular formula is C18H15N2+. The molecule has 0 amide bonds. The highest BCUT2D eigenvalue weighted by molar-refractivity contribution is 5.92. The van der Waals surface area contributed by atoms with Gasteiger partial charge in [-0.2, -0.15) is 4.57 Å². The lowest BCUT2D eigenvalue weighted by molar-refractivity contribution is -0.689. The second-order valence-corrected chi connectivity index (χ2v) is 5.12. The SMILES string of the molecule is C(=C1CC[n+]2ccccc21)c1ccnc2ccccc12. The summed E-state index contributed by atoms with van der Waals surface area (Å²) in [4.78, 5) is 4.43. The van der Waals surface area contributed by atoms with Gasteiger partial charge in [-0.15, -0.1) is 0 Å². The molecule has 3 heterocycles. The van der Waals surface area contributed by atoms with Crippen LogP contribution in [-0.2, 0) is 6.54 Å². The summed E-state index contributed by atoms with van der Waals surface area (Å²) in [5, 5.41) is 1.22. The molecule has 4 rings (SSSR count). The highest BCUT2D eigenvalue weighted by atomic mass is 15.0. The molecule has 2 nitrogen and oxygen atoms in total. The first-order chi connectivity index (χ1) is 9.92. The number of aryl methyl sites for hydroxylation is 1. The number of nitrogens with zero attached hydrogens (tertiary/aromatic N) is 2. The molecule has 0 spiro atoms. The van der Waals surface area contributed by atoms with Gasteiger partial charge >= 0.3 is 0 Å². The maximum Gasteiger partial charge on any atom is 0.208 e. The zero-order chi connectivity index (χ0) is 13.4.